The van der Waals surface area contributed by atoms with Crippen molar-refractivity contribution in [2.24, 2.45) is 0 Å². The maximum absolute atomic E-state index is 12.9. The van der Waals surface area contributed by atoms with Crippen molar-refractivity contribution in [3.63, 3.8) is 0 Å². The molecule has 2 aromatic rings. The number of thiocarbonyl (C=S) groups is 1. The summed E-state index contributed by atoms with van der Waals surface area (Å²) in [5.74, 6) is -0.690. The molecule has 4 nitrogen and oxygen atoms in total. The van der Waals surface area contributed by atoms with Gasteiger partial charge in [-0.25, -0.2) is 9.18 Å². The summed E-state index contributed by atoms with van der Waals surface area (Å²) >= 11 is 6.69. The first-order valence-corrected chi connectivity index (χ1v) is 8.25. The van der Waals surface area contributed by atoms with E-state index in [-0.39, 0.29) is 11.8 Å². The molecule has 1 heterocycles. The molecular formula is C16H17FN2O2S2. The Morgan fingerprint density at radius 1 is 1.26 bits per heavy atom. The summed E-state index contributed by atoms with van der Waals surface area (Å²) in [5, 5.41) is 6.93. The number of anilines is 2. The van der Waals surface area contributed by atoms with Gasteiger partial charge in [-0.3, -0.25) is 0 Å². The molecule has 0 bridgehead atoms. The Kier molecular flexibility index (Phi) is 5.68. The number of rotatable bonds is 4. The molecule has 2 N–H and O–H groups in total. The number of benzene rings is 1. The highest BCUT2D eigenvalue weighted by Gasteiger charge is 2.21. The van der Waals surface area contributed by atoms with Crippen LogP contribution < -0.4 is 10.6 Å². The molecule has 0 radical (unpaired) electrons. The molecule has 0 saturated heterocycles. The lowest BCUT2D eigenvalue weighted by Gasteiger charge is -2.11. The van der Waals surface area contributed by atoms with Crippen LogP contribution in [-0.4, -0.2) is 17.7 Å². The molecule has 0 atom stereocenters. The normalized spacial score (nSPS) is 10.3. The van der Waals surface area contributed by atoms with Crippen molar-refractivity contribution in [2.75, 3.05) is 17.2 Å². The lowest BCUT2D eigenvalue weighted by atomic mass is 10.1. The SMILES string of the molecule is CCOC(=O)c1c(NC(=S)Nc2ccc(F)cc2)sc(C)c1C. The standard InChI is InChI=1S/C16H17FN2O2S2/c1-4-21-15(20)13-9(2)10(3)23-14(13)19-16(22)18-12-7-5-11(17)6-8-12/h5-8H,4H2,1-3H3,(H2,18,19,22). The number of ether oxygens (including phenoxy) is 1. The summed E-state index contributed by atoms with van der Waals surface area (Å²) in [4.78, 5) is 13.1. The van der Waals surface area contributed by atoms with Crippen LogP contribution in [0.1, 0.15) is 27.7 Å². The van der Waals surface area contributed by atoms with Crippen LogP contribution in [0.25, 0.3) is 0 Å². The van der Waals surface area contributed by atoms with Gasteiger partial charge in [-0.15, -0.1) is 11.3 Å². The Hall–Kier alpha value is -1.99. The third-order valence-corrected chi connectivity index (χ3v) is 4.52. The van der Waals surface area contributed by atoms with E-state index in [0.717, 1.165) is 10.4 Å². The average Bonchev–Trinajstić information content (AvgIpc) is 2.76. The smallest absolute Gasteiger partial charge is 0.341 e. The van der Waals surface area contributed by atoms with E-state index in [0.29, 0.717) is 28.0 Å². The zero-order chi connectivity index (χ0) is 17.0. The van der Waals surface area contributed by atoms with Gasteiger partial charge in [-0.05, 0) is 62.8 Å². The fraction of sp³-hybridized carbons (Fsp3) is 0.250. The molecule has 0 amide bonds. The molecule has 7 heteroatoms. The Morgan fingerprint density at radius 3 is 2.52 bits per heavy atom. The summed E-state index contributed by atoms with van der Waals surface area (Å²) in [6.07, 6.45) is 0. The minimum atomic E-state index is -0.374. The van der Waals surface area contributed by atoms with Gasteiger partial charge in [0.25, 0.3) is 0 Å². The van der Waals surface area contributed by atoms with E-state index in [1.807, 2.05) is 13.8 Å². The molecule has 0 saturated carbocycles. The summed E-state index contributed by atoms with van der Waals surface area (Å²) < 4.78 is 18.0. The number of carbonyl (C=O) groups is 1. The number of carbonyl (C=O) groups excluding carboxylic acids is 1. The molecular weight excluding hydrogens is 335 g/mol. The number of thiophene rings is 1. The van der Waals surface area contributed by atoms with Crippen molar-refractivity contribution in [1.29, 1.82) is 0 Å². The molecule has 0 aliphatic rings. The molecule has 2 rings (SSSR count). The van der Waals surface area contributed by atoms with Gasteiger partial charge in [0, 0.05) is 10.6 Å². The number of halogens is 1. The second kappa shape index (κ2) is 7.52. The van der Waals surface area contributed by atoms with Gasteiger partial charge in [0.05, 0.1) is 12.2 Å². The van der Waals surface area contributed by atoms with Gasteiger partial charge in [0.2, 0.25) is 0 Å². The lowest BCUT2D eigenvalue weighted by molar-refractivity contribution is 0.0527. The van der Waals surface area contributed by atoms with Crippen molar-refractivity contribution >= 4 is 45.3 Å². The maximum Gasteiger partial charge on any atom is 0.341 e. The minimum Gasteiger partial charge on any atom is -0.462 e. The van der Waals surface area contributed by atoms with Crippen LogP contribution in [0.4, 0.5) is 15.1 Å². The highest BCUT2D eigenvalue weighted by atomic mass is 32.1. The molecule has 1 aromatic carbocycles. The lowest BCUT2D eigenvalue weighted by Crippen LogP contribution is -2.20. The quantitative estimate of drug-likeness (QED) is 0.627. The topological polar surface area (TPSA) is 50.4 Å². The van der Waals surface area contributed by atoms with E-state index in [1.54, 1.807) is 19.1 Å². The van der Waals surface area contributed by atoms with E-state index in [1.165, 1.54) is 23.5 Å². The first-order valence-electron chi connectivity index (χ1n) is 7.03. The van der Waals surface area contributed by atoms with Gasteiger partial charge >= 0.3 is 5.97 Å². The van der Waals surface area contributed by atoms with Crippen LogP contribution in [0.5, 0.6) is 0 Å². The highest BCUT2D eigenvalue weighted by Crippen LogP contribution is 2.33. The fourth-order valence-corrected chi connectivity index (χ4v) is 3.30. The summed E-state index contributed by atoms with van der Waals surface area (Å²) in [6, 6.07) is 5.85. The van der Waals surface area contributed by atoms with Crippen LogP contribution >= 0.6 is 23.6 Å². The van der Waals surface area contributed by atoms with Crippen LogP contribution in [0, 0.1) is 19.7 Å². The number of aryl methyl sites for hydroxylation is 1. The molecule has 1 aromatic heterocycles. The molecule has 122 valence electrons. The second-order valence-electron chi connectivity index (χ2n) is 4.79. The number of esters is 1. The van der Waals surface area contributed by atoms with Crippen molar-refractivity contribution in [3.05, 3.63) is 46.1 Å². The highest BCUT2D eigenvalue weighted by molar-refractivity contribution is 7.80. The molecule has 23 heavy (non-hydrogen) atoms. The number of nitrogens with one attached hydrogen (secondary N) is 2. The van der Waals surface area contributed by atoms with Crippen LogP contribution in [0.3, 0.4) is 0 Å². The predicted molar refractivity (Wildman–Crippen MR) is 96.0 cm³/mol. The third kappa shape index (κ3) is 4.27. The van der Waals surface area contributed by atoms with E-state index in [4.69, 9.17) is 17.0 Å². The van der Waals surface area contributed by atoms with Gasteiger partial charge in [0.1, 0.15) is 10.8 Å². The van der Waals surface area contributed by atoms with E-state index in [9.17, 15) is 9.18 Å². The van der Waals surface area contributed by atoms with Crippen LogP contribution in [0.15, 0.2) is 24.3 Å². The largest absolute Gasteiger partial charge is 0.462 e. The van der Waals surface area contributed by atoms with E-state index >= 15 is 0 Å². The maximum atomic E-state index is 12.9. The van der Waals surface area contributed by atoms with Crippen LogP contribution in [0.2, 0.25) is 0 Å². The van der Waals surface area contributed by atoms with Crippen molar-refractivity contribution in [3.8, 4) is 0 Å². The number of hydrogen-bond donors (Lipinski definition) is 2. The Balaban J connectivity index is 2.16. The average molecular weight is 352 g/mol. The summed E-state index contributed by atoms with van der Waals surface area (Å²) in [6.45, 7) is 5.88. The Morgan fingerprint density at radius 2 is 1.91 bits per heavy atom. The zero-order valence-electron chi connectivity index (χ0n) is 13.0. The Bertz CT molecular complexity index is 726. The molecule has 0 unspecified atom stereocenters. The summed E-state index contributed by atoms with van der Waals surface area (Å²) in [7, 11) is 0. The molecule has 0 aliphatic heterocycles. The van der Waals surface area contributed by atoms with Crippen molar-refractivity contribution in [1.82, 2.24) is 0 Å². The molecule has 0 spiro atoms. The van der Waals surface area contributed by atoms with Gasteiger partial charge < -0.3 is 15.4 Å². The first kappa shape index (κ1) is 17.4. The van der Waals surface area contributed by atoms with Crippen molar-refractivity contribution in [2.45, 2.75) is 20.8 Å². The van der Waals surface area contributed by atoms with E-state index < -0.39 is 0 Å². The van der Waals surface area contributed by atoms with Gasteiger partial charge in [-0.2, -0.15) is 0 Å². The second-order valence-corrected chi connectivity index (χ2v) is 6.43. The van der Waals surface area contributed by atoms with Crippen LogP contribution in [-0.2, 0) is 4.74 Å². The fourth-order valence-electron chi connectivity index (χ4n) is 1.96. The monoisotopic (exact) mass is 352 g/mol. The molecule has 0 aliphatic carbocycles. The predicted octanol–water partition coefficient (Wildman–Crippen LogP) is 4.49. The zero-order valence-corrected chi connectivity index (χ0v) is 14.7. The summed E-state index contributed by atoms with van der Waals surface area (Å²) in [5.41, 5.74) is 2.03. The number of hydrogen-bond acceptors (Lipinski definition) is 4. The van der Waals surface area contributed by atoms with Crippen molar-refractivity contribution < 1.29 is 13.9 Å². The first-order chi connectivity index (χ1) is 10.9. The Labute approximate surface area is 143 Å². The van der Waals surface area contributed by atoms with Gasteiger partial charge in [-0.1, -0.05) is 0 Å². The van der Waals surface area contributed by atoms with Gasteiger partial charge in [0.15, 0.2) is 5.11 Å². The molecule has 0 fully saturated rings. The van der Waals surface area contributed by atoms with E-state index in [2.05, 4.69) is 10.6 Å². The third-order valence-electron chi connectivity index (χ3n) is 3.19. The minimum absolute atomic E-state index is 0.310.